The highest BCUT2D eigenvalue weighted by Crippen LogP contribution is 2.24. The van der Waals surface area contributed by atoms with Crippen LogP contribution in [0.15, 0.2) is 70.9 Å². The van der Waals surface area contributed by atoms with Gasteiger partial charge in [-0.25, -0.2) is 4.98 Å². The van der Waals surface area contributed by atoms with Crippen molar-refractivity contribution in [2.45, 2.75) is 10.6 Å². The predicted octanol–water partition coefficient (Wildman–Crippen LogP) is 5.74. The molecular formula is C19H15ClN2OS2. The highest BCUT2D eigenvalue weighted by molar-refractivity contribution is 7.98. The van der Waals surface area contributed by atoms with E-state index in [0.29, 0.717) is 10.2 Å². The van der Waals surface area contributed by atoms with Crippen LogP contribution >= 0.6 is 34.7 Å². The third-order valence-corrected chi connectivity index (χ3v) is 5.31. The minimum absolute atomic E-state index is 0.202. The Bertz CT molecular complexity index is 861. The van der Waals surface area contributed by atoms with Crippen molar-refractivity contribution in [1.29, 1.82) is 0 Å². The third-order valence-electron chi connectivity index (χ3n) is 3.21. The minimum atomic E-state index is -0.202. The van der Waals surface area contributed by atoms with E-state index in [-0.39, 0.29) is 5.91 Å². The number of rotatable bonds is 6. The van der Waals surface area contributed by atoms with Gasteiger partial charge in [0.25, 0.3) is 0 Å². The van der Waals surface area contributed by atoms with Crippen molar-refractivity contribution in [2.24, 2.45) is 0 Å². The van der Waals surface area contributed by atoms with Crippen LogP contribution in [-0.4, -0.2) is 10.9 Å². The molecule has 6 heteroatoms. The number of carbonyl (C=O) groups excluding carboxylic acids is 1. The number of carbonyl (C=O) groups is 1. The molecule has 0 radical (unpaired) electrons. The molecule has 3 rings (SSSR count). The smallest absolute Gasteiger partial charge is 0.250 e. The molecule has 3 nitrogen and oxygen atoms in total. The third kappa shape index (κ3) is 5.74. The van der Waals surface area contributed by atoms with Gasteiger partial charge < -0.3 is 0 Å². The lowest BCUT2D eigenvalue weighted by Crippen LogP contribution is -2.07. The maximum atomic E-state index is 12.0. The average molecular weight is 387 g/mol. The Balaban J connectivity index is 1.52. The second-order valence-corrected chi connectivity index (χ2v) is 7.46. The molecular weight excluding hydrogens is 372 g/mol. The Morgan fingerprint density at radius 2 is 1.92 bits per heavy atom. The number of benzene rings is 2. The van der Waals surface area contributed by atoms with E-state index in [0.717, 1.165) is 17.0 Å². The first kappa shape index (κ1) is 17.7. The van der Waals surface area contributed by atoms with Gasteiger partial charge in [-0.05, 0) is 35.9 Å². The van der Waals surface area contributed by atoms with E-state index < -0.39 is 0 Å². The molecule has 126 valence electrons. The summed E-state index contributed by atoms with van der Waals surface area (Å²) in [5.74, 6) is 0.573. The number of thiazole rings is 1. The van der Waals surface area contributed by atoms with Crippen LogP contribution in [0.25, 0.3) is 6.08 Å². The van der Waals surface area contributed by atoms with E-state index in [4.69, 9.17) is 11.6 Å². The molecule has 3 aromatic rings. The second-order valence-electron chi connectivity index (χ2n) is 5.12. The van der Waals surface area contributed by atoms with Crippen LogP contribution in [0.2, 0.25) is 5.02 Å². The molecule has 0 saturated heterocycles. The van der Waals surface area contributed by atoms with Gasteiger partial charge in [-0.3, -0.25) is 10.1 Å². The summed E-state index contributed by atoms with van der Waals surface area (Å²) in [6, 6.07) is 17.5. The molecule has 2 aromatic carbocycles. The molecule has 25 heavy (non-hydrogen) atoms. The summed E-state index contributed by atoms with van der Waals surface area (Å²) in [4.78, 5) is 17.6. The lowest BCUT2D eigenvalue weighted by atomic mass is 10.2. The number of amides is 1. The number of aromatic nitrogens is 1. The molecule has 1 amide bonds. The van der Waals surface area contributed by atoms with Gasteiger partial charge in [0.1, 0.15) is 0 Å². The van der Waals surface area contributed by atoms with Gasteiger partial charge in [-0.2, -0.15) is 0 Å². The van der Waals surface area contributed by atoms with Crippen molar-refractivity contribution in [1.82, 2.24) is 4.98 Å². The van der Waals surface area contributed by atoms with Gasteiger partial charge >= 0.3 is 0 Å². The maximum Gasteiger partial charge on any atom is 0.250 e. The first-order valence-electron chi connectivity index (χ1n) is 7.56. The fourth-order valence-electron chi connectivity index (χ4n) is 2.00. The summed E-state index contributed by atoms with van der Waals surface area (Å²) in [5.41, 5.74) is 1.87. The molecule has 1 heterocycles. The Morgan fingerprint density at radius 1 is 1.16 bits per heavy atom. The van der Waals surface area contributed by atoms with E-state index in [1.165, 1.54) is 22.3 Å². The highest BCUT2D eigenvalue weighted by atomic mass is 35.5. The van der Waals surface area contributed by atoms with Crippen molar-refractivity contribution in [3.05, 3.63) is 82.3 Å². The number of anilines is 1. The van der Waals surface area contributed by atoms with Gasteiger partial charge in [0.2, 0.25) is 5.91 Å². The lowest BCUT2D eigenvalue weighted by molar-refractivity contribution is -0.111. The zero-order valence-corrected chi connectivity index (χ0v) is 15.6. The van der Waals surface area contributed by atoms with Gasteiger partial charge in [0.05, 0.1) is 5.69 Å². The summed E-state index contributed by atoms with van der Waals surface area (Å²) < 4.78 is 0. The first-order valence-corrected chi connectivity index (χ1v) is 9.80. The van der Waals surface area contributed by atoms with Crippen molar-refractivity contribution >= 4 is 51.8 Å². The van der Waals surface area contributed by atoms with Gasteiger partial charge in [-0.15, -0.1) is 23.1 Å². The monoisotopic (exact) mass is 386 g/mol. The molecule has 1 aromatic heterocycles. The quantitative estimate of drug-likeness (QED) is 0.433. The summed E-state index contributed by atoms with van der Waals surface area (Å²) >= 11 is 8.99. The van der Waals surface area contributed by atoms with E-state index in [1.54, 1.807) is 30.0 Å². The maximum absolute atomic E-state index is 12.0. The van der Waals surface area contributed by atoms with Crippen LogP contribution in [-0.2, 0) is 10.5 Å². The first-order chi connectivity index (χ1) is 12.2. The summed E-state index contributed by atoms with van der Waals surface area (Å²) in [6.45, 7) is 0. The van der Waals surface area contributed by atoms with E-state index >= 15 is 0 Å². The molecule has 0 spiro atoms. The van der Waals surface area contributed by atoms with Crippen LogP contribution in [0.5, 0.6) is 0 Å². The molecule has 0 unspecified atom stereocenters. The Kier molecular flexibility index (Phi) is 6.28. The Morgan fingerprint density at radius 3 is 2.68 bits per heavy atom. The predicted molar refractivity (Wildman–Crippen MR) is 107 cm³/mol. The molecule has 0 saturated carbocycles. The van der Waals surface area contributed by atoms with E-state index in [9.17, 15) is 4.79 Å². The minimum Gasteiger partial charge on any atom is -0.298 e. The molecule has 0 bridgehead atoms. The van der Waals surface area contributed by atoms with Crippen molar-refractivity contribution < 1.29 is 4.79 Å². The van der Waals surface area contributed by atoms with E-state index in [2.05, 4.69) is 22.4 Å². The van der Waals surface area contributed by atoms with Crippen LogP contribution in [0.4, 0.5) is 5.13 Å². The van der Waals surface area contributed by atoms with Crippen molar-refractivity contribution in [2.75, 3.05) is 5.32 Å². The standard InChI is InChI=1S/C19H15ClN2OS2/c20-15-9-6-14(7-10-15)8-11-18(23)22-19-21-16(13-25-19)12-24-17-4-2-1-3-5-17/h1-11,13H,12H2,(H,21,22,23)/b11-8+. The van der Waals surface area contributed by atoms with E-state index in [1.807, 2.05) is 35.7 Å². The fraction of sp³-hybridized carbons (Fsp3) is 0.0526. The molecule has 0 aliphatic heterocycles. The zero-order chi connectivity index (χ0) is 17.5. The van der Waals surface area contributed by atoms with Gasteiger partial charge in [0, 0.05) is 27.1 Å². The summed E-state index contributed by atoms with van der Waals surface area (Å²) in [7, 11) is 0. The van der Waals surface area contributed by atoms with Crippen LogP contribution in [0.3, 0.4) is 0 Å². The molecule has 0 atom stereocenters. The van der Waals surface area contributed by atoms with Crippen molar-refractivity contribution in [3.8, 4) is 0 Å². The molecule has 0 aliphatic rings. The van der Waals surface area contributed by atoms with Crippen LogP contribution in [0, 0.1) is 0 Å². The largest absolute Gasteiger partial charge is 0.298 e. The van der Waals surface area contributed by atoms with Crippen LogP contribution < -0.4 is 5.32 Å². The Hall–Kier alpha value is -2.08. The number of hydrogen-bond acceptors (Lipinski definition) is 4. The number of halogens is 1. The van der Waals surface area contributed by atoms with Gasteiger partial charge in [-0.1, -0.05) is 41.9 Å². The SMILES string of the molecule is O=C(/C=C/c1ccc(Cl)cc1)Nc1nc(CSc2ccccc2)cs1. The molecule has 1 N–H and O–H groups in total. The topological polar surface area (TPSA) is 42.0 Å². The second kappa shape index (κ2) is 8.85. The normalized spacial score (nSPS) is 10.9. The lowest BCUT2D eigenvalue weighted by Gasteiger charge is -1.98. The zero-order valence-electron chi connectivity index (χ0n) is 13.2. The molecule has 0 fully saturated rings. The number of hydrogen-bond donors (Lipinski definition) is 1. The number of nitrogens with zero attached hydrogens (tertiary/aromatic N) is 1. The average Bonchev–Trinajstić information content (AvgIpc) is 3.08. The number of thioether (sulfide) groups is 1. The summed E-state index contributed by atoms with van der Waals surface area (Å²) in [5, 5.41) is 6.03. The fourth-order valence-corrected chi connectivity index (χ4v) is 3.75. The number of nitrogens with one attached hydrogen (secondary N) is 1. The molecule has 0 aliphatic carbocycles. The highest BCUT2D eigenvalue weighted by Gasteiger charge is 2.05. The van der Waals surface area contributed by atoms with Gasteiger partial charge in [0.15, 0.2) is 5.13 Å². The Labute approximate surface area is 159 Å². The van der Waals surface area contributed by atoms with Crippen LogP contribution in [0.1, 0.15) is 11.3 Å². The summed E-state index contributed by atoms with van der Waals surface area (Å²) in [6.07, 6.45) is 3.23. The van der Waals surface area contributed by atoms with Crippen molar-refractivity contribution in [3.63, 3.8) is 0 Å².